The van der Waals surface area contributed by atoms with Gasteiger partial charge >= 0.3 is 5.69 Å². The van der Waals surface area contributed by atoms with Gasteiger partial charge in [-0.1, -0.05) is 6.42 Å². The van der Waals surface area contributed by atoms with Crippen LogP contribution in [0.25, 0.3) is 0 Å². The summed E-state index contributed by atoms with van der Waals surface area (Å²) in [6.07, 6.45) is 4.95. The van der Waals surface area contributed by atoms with Gasteiger partial charge in [0, 0.05) is 12.7 Å². The van der Waals surface area contributed by atoms with Gasteiger partial charge in [-0.3, -0.25) is 14.3 Å². The van der Waals surface area contributed by atoms with E-state index >= 15 is 0 Å². The van der Waals surface area contributed by atoms with E-state index in [1.54, 1.807) is 10.8 Å². The highest BCUT2D eigenvalue weighted by molar-refractivity contribution is 9.10. The molecule has 0 unspecified atom stereocenters. The van der Waals surface area contributed by atoms with Gasteiger partial charge in [0.15, 0.2) is 0 Å². The van der Waals surface area contributed by atoms with Crippen molar-refractivity contribution in [3.63, 3.8) is 0 Å². The molecule has 0 aromatic carbocycles. The van der Waals surface area contributed by atoms with E-state index < -0.39 is 0 Å². The second-order valence-corrected chi connectivity index (χ2v) is 5.55. The van der Waals surface area contributed by atoms with E-state index in [1.165, 1.54) is 6.42 Å². The Kier molecular flexibility index (Phi) is 3.30. The molecule has 1 aliphatic carbocycles. The molecule has 0 atom stereocenters. The fourth-order valence-electron chi connectivity index (χ4n) is 2.00. The van der Waals surface area contributed by atoms with Gasteiger partial charge in [-0.15, -0.1) is 0 Å². The first-order valence-corrected chi connectivity index (χ1v) is 6.59. The van der Waals surface area contributed by atoms with Crippen LogP contribution < -0.4 is 11.2 Å². The molecule has 0 amide bonds. The van der Waals surface area contributed by atoms with Gasteiger partial charge in [0.2, 0.25) is 0 Å². The molecule has 1 N–H and O–H groups in total. The number of aromatic amines is 1. The summed E-state index contributed by atoms with van der Waals surface area (Å²) in [6, 6.07) is 0. The Hall–Kier alpha value is -0.490. The number of aromatic nitrogens is 2. The Morgan fingerprint density at radius 3 is 2.69 bits per heavy atom. The monoisotopic (exact) mass is 304 g/mol. The van der Waals surface area contributed by atoms with E-state index in [2.05, 4.69) is 33.5 Å². The molecule has 1 aliphatic rings. The predicted molar refractivity (Wildman–Crippen MR) is 69.2 cm³/mol. The van der Waals surface area contributed by atoms with E-state index in [0.29, 0.717) is 11.0 Å². The molecule has 16 heavy (non-hydrogen) atoms. The molecule has 88 valence electrons. The van der Waals surface area contributed by atoms with Gasteiger partial charge in [-0.25, -0.2) is 4.79 Å². The van der Waals surface area contributed by atoms with Crippen LogP contribution in [0, 0.1) is 5.41 Å². The van der Waals surface area contributed by atoms with E-state index in [0.717, 1.165) is 18.6 Å². The van der Waals surface area contributed by atoms with Crippen molar-refractivity contribution in [2.75, 3.05) is 5.75 Å². The molecular formula is C10H13BrN2O2S. The molecule has 1 fully saturated rings. The van der Waals surface area contributed by atoms with Crippen molar-refractivity contribution in [1.82, 2.24) is 9.55 Å². The first kappa shape index (κ1) is 12.0. The van der Waals surface area contributed by atoms with Crippen molar-refractivity contribution in [2.45, 2.75) is 25.8 Å². The largest absolute Gasteiger partial charge is 0.328 e. The van der Waals surface area contributed by atoms with Crippen molar-refractivity contribution >= 4 is 28.6 Å². The average Bonchev–Trinajstić information content (AvgIpc) is 2.19. The SMILES string of the molecule is O=c1[nH]c(=O)n(CC2(CS)CCC2)cc1Br. The quantitative estimate of drug-likeness (QED) is 0.830. The van der Waals surface area contributed by atoms with Crippen LogP contribution in [0.1, 0.15) is 19.3 Å². The molecule has 1 heterocycles. The zero-order chi connectivity index (χ0) is 11.8. The number of rotatable bonds is 3. The third-order valence-corrected chi connectivity index (χ3v) is 4.46. The molecule has 4 nitrogen and oxygen atoms in total. The molecule has 1 aromatic rings. The third-order valence-electron chi connectivity index (χ3n) is 3.22. The fourth-order valence-corrected chi connectivity index (χ4v) is 2.77. The molecule has 6 heteroatoms. The lowest BCUT2D eigenvalue weighted by atomic mass is 9.70. The van der Waals surface area contributed by atoms with Crippen molar-refractivity contribution < 1.29 is 0 Å². The third kappa shape index (κ3) is 2.13. The molecule has 1 aromatic heterocycles. The highest BCUT2D eigenvalue weighted by Crippen LogP contribution is 2.42. The van der Waals surface area contributed by atoms with E-state index in [1.807, 2.05) is 0 Å². The van der Waals surface area contributed by atoms with Gasteiger partial charge in [-0.05, 0) is 39.9 Å². The second-order valence-electron chi connectivity index (χ2n) is 4.38. The maximum atomic E-state index is 11.6. The summed E-state index contributed by atoms with van der Waals surface area (Å²) in [4.78, 5) is 25.0. The first-order chi connectivity index (χ1) is 7.56. The number of nitrogens with one attached hydrogen (secondary N) is 1. The second kappa shape index (κ2) is 4.41. The molecule has 0 bridgehead atoms. The van der Waals surface area contributed by atoms with Crippen molar-refractivity contribution in [1.29, 1.82) is 0 Å². The van der Waals surface area contributed by atoms with Crippen LogP contribution in [0.5, 0.6) is 0 Å². The highest BCUT2D eigenvalue weighted by atomic mass is 79.9. The van der Waals surface area contributed by atoms with Gasteiger partial charge < -0.3 is 0 Å². The number of thiol groups is 1. The lowest BCUT2D eigenvalue weighted by Gasteiger charge is -2.41. The van der Waals surface area contributed by atoms with Gasteiger partial charge in [-0.2, -0.15) is 12.6 Å². The van der Waals surface area contributed by atoms with Gasteiger partial charge in [0.1, 0.15) is 0 Å². The predicted octanol–water partition coefficient (Wildman–Crippen LogP) is 1.40. The number of hydrogen-bond donors (Lipinski definition) is 2. The summed E-state index contributed by atoms with van der Waals surface area (Å²) >= 11 is 7.47. The Balaban J connectivity index is 2.31. The molecule has 0 saturated heterocycles. The lowest BCUT2D eigenvalue weighted by molar-refractivity contribution is 0.136. The molecular weight excluding hydrogens is 292 g/mol. The normalized spacial score (nSPS) is 18.1. The minimum atomic E-state index is -0.380. The number of H-pyrrole nitrogens is 1. The summed E-state index contributed by atoms with van der Waals surface area (Å²) in [5.41, 5.74) is -0.596. The molecule has 2 rings (SSSR count). The minimum absolute atomic E-state index is 0.130. The van der Waals surface area contributed by atoms with Crippen LogP contribution in [0.15, 0.2) is 20.3 Å². The van der Waals surface area contributed by atoms with E-state index in [-0.39, 0.29) is 16.7 Å². The van der Waals surface area contributed by atoms with Crippen LogP contribution in [-0.4, -0.2) is 15.3 Å². The number of halogens is 1. The van der Waals surface area contributed by atoms with Crippen molar-refractivity contribution in [3.8, 4) is 0 Å². The Bertz CT molecular complexity index is 499. The summed E-state index contributed by atoms with van der Waals surface area (Å²) in [5.74, 6) is 0.774. The summed E-state index contributed by atoms with van der Waals surface area (Å²) in [7, 11) is 0. The highest BCUT2D eigenvalue weighted by Gasteiger charge is 2.36. The summed E-state index contributed by atoms with van der Waals surface area (Å²) in [5, 5.41) is 0. The molecule has 0 radical (unpaired) electrons. The van der Waals surface area contributed by atoms with E-state index in [9.17, 15) is 9.59 Å². The van der Waals surface area contributed by atoms with Crippen LogP contribution in [0.4, 0.5) is 0 Å². The smallest absolute Gasteiger partial charge is 0.299 e. The lowest BCUT2D eigenvalue weighted by Crippen LogP contribution is -2.41. The van der Waals surface area contributed by atoms with Crippen LogP contribution >= 0.6 is 28.6 Å². The van der Waals surface area contributed by atoms with Gasteiger partial charge in [0.05, 0.1) is 4.47 Å². The number of nitrogens with zero attached hydrogens (tertiary/aromatic N) is 1. The molecule has 0 spiro atoms. The molecule has 1 saturated carbocycles. The van der Waals surface area contributed by atoms with Crippen LogP contribution in [-0.2, 0) is 6.54 Å². The van der Waals surface area contributed by atoms with Gasteiger partial charge in [0.25, 0.3) is 5.56 Å². The van der Waals surface area contributed by atoms with E-state index in [4.69, 9.17) is 0 Å². The maximum absolute atomic E-state index is 11.6. The van der Waals surface area contributed by atoms with Crippen molar-refractivity contribution in [3.05, 3.63) is 31.5 Å². The van der Waals surface area contributed by atoms with Crippen LogP contribution in [0.3, 0.4) is 0 Å². The zero-order valence-corrected chi connectivity index (χ0v) is 11.2. The maximum Gasteiger partial charge on any atom is 0.328 e. The minimum Gasteiger partial charge on any atom is -0.299 e. The Morgan fingerprint density at radius 2 is 2.19 bits per heavy atom. The summed E-state index contributed by atoms with van der Waals surface area (Å²) in [6.45, 7) is 0.630. The number of hydrogen-bond acceptors (Lipinski definition) is 3. The Morgan fingerprint density at radius 1 is 1.50 bits per heavy atom. The zero-order valence-electron chi connectivity index (χ0n) is 8.70. The topological polar surface area (TPSA) is 54.9 Å². The fraction of sp³-hybridized carbons (Fsp3) is 0.600. The Labute approximate surface area is 107 Å². The standard InChI is InChI=1S/C10H13BrN2O2S/c11-7-4-13(9(15)12-8(7)14)5-10(6-16)2-1-3-10/h4,16H,1-3,5-6H2,(H,12,14,15). The van der Waals surface area contributed by atoms with Crippen LogP contribution in [0.2, 0.25) is 0 Å². The first-order valence-electron chi connectivity index (χ1n) is 5.16. The average molecular weight is 305 g/mol. The summed E-state index contributed by atoms with van der Waals surface area (Å²) < 4.78 is 1.95. The van der Waals surface area contributed by atoms with Crippen molar-refractivity contribution in [2.24, 2.45) is 5.41 Å². The molecule has 0 aliphatic heterocycles.